The first kappa shape index (κ1) is 15.3. The lowest BCUT2D eigenvalue weighted by Crippen LogP contribution is -2.50. The van der Waals surface area contributed by atoms with Crippen LogP contribution in [0.3, 0.4) is 0 Å². The van der Waals surface area contributed by atoms with Crippen molar-refractivity contribution in [3.8, 4) is 5.75 Å². The summed E-state index contributed by atoms with van der Waals surface area (Å²) in [4.78, 5) is 23.3. The molecule has 1 aliphatic heterocycles. The minimum atomic E-state index is -1.20. The van der Waals surface area contributed by atoms with E-state index < -0.39 is 11.5 Å². The minimum absolute atomic E-state index is 0.135. The number of carboxylic acids is 1. The molecule has 2 rings (SSSR count). The number of carbonyl (C=O) groups is 2. The third kappa shape index (κ3) is 3.16. The number of anilines is 1. The Labute approximate surface area is 123 Å². The Morgan fingerprint density at radius 1 is 1.43 bits per heavy atom. The maximum Gasteiger partial charge on any atom is 0.339 e. The SMILES string of the molecule is CCCC1(C(=O)Nc2ccc(C(=O)O)c(O)c2)CCCN1. The van der Waals surface area contributed by atoms with E-state index in [0.29, 0.717) is 5.69 Å². The number of aromatic carboxylic acids is 1. The van der Waals surface area contributed by atoms with Crippen molar-refractivity contribution in [2.24, 2.45) is 0 Å². The summed E-state index contributed by atoms with van der Waals surface area (Å²) >= 11 is 0. The first-order valence-corrected chi connectivity index (χ1v) is 7.11. The van der Waals surface area contributed by atoms with E-state index in [2.05, 4.69) is 10.6 Å². The highest BCUT2D eigenvalue weighted by Crippen LogP contribution is 2.28. The number of nitrogens with one attached hydrogen (secondary N) is 2. The van der Waals surface area contributed by atoms with E-state index >= 15 is 0 Å². The molecule has 1 heterocycles. The van der Waals surface area contributed by atoms with E-state index in [4.69, 9.17) is 5.11 Å². The van der Waals surface area contributed by atoms with Crippen molar-refractivity contribution >= 4 is 17.6 Å². The number of benzene rings is 1. The Balaban J connectivity index is 2.15. The third-order valence-corrected chi connectivity index (χ3v) is 3.84. The number of aromatic hydroxyl groups is 1. The molecule has 1 atom stereocenters. The number of carboxylic acid groups (broad SMARTS) is 1. The molecule has 6 nitrogen and oxygen atoms in total. The molecule has 1 aromatic rings. The highest BCUT2D eigenvalue weighted by atomic mass is 16.4. The molecule has 0 saturated carbocycles. The number of carbonyl (C=O) groups excluding carboxylic acids is 1. The van der Waals surface area contributed by atoms with Crippen molar-refractivity contribution in [3.63, 3.8) is 0 Å². The zero-order chi connectivity index (χ0) is 15.5. The maximum atomic E-state index is 12.5. The van der Waals surface area contributed by atoms with Crippen LogP contribution in [0.5, 0.6) is 5.75 Å². The second-order valence-electron chi connectivity index (χ2n) is 5.35. The van der Waals surface area contributed by atoms with Gasteiger partial charge in [0.2, 0.25) is 5.91 Å². The smallest absolute Gasteiger partial charge is 0.339 e. The highest BCUT2D eigenvalue weighted by molar-refractivity contribution is 5.99. The summed E-state index contributed by atoms with van der Waals surface area (Å²) in [6.45, 7) is 2.85. The summed E-state index contributed by atoms with van der Waals surface area (Å²) in [7, 11) is 0. The second-order valence-corrected chi connectivity index (χ2v) is 5.35. The monoisotopic (exact) mass is 292 g/mol. The summed E-state index contributed by atoms with van der Waals surface area (Å²) in [6, 6.07) is 4.02. The van der Waals surface area contributed by atoms with Gasteiger partial charge in [0.25, 0.3) is 0 Å². The molecular weight excluding hydrogens is 272 g/mol. The number of phenols is 1. The quantitative estimate of drug-likeness (QED) is 0.665. The van der Waals surface area contributed by atoms with Gasteiger partial charge in [-0.15, -0.1) is 0 Å². The summed E-state index contributed by atoms with van der Waals surface area (Å²) in [6.07, 6.45) is 3.38. The van der Waals surface area contributed by atoms with Crippen molar-refractivity contribution < 1.29 is 19.8 Å². The van der Waals surface area contributed by atoms with Crippen LogP contribution in [0.1, 0.15) is 43.0 Å². The lowest BCUT2D eigenvalue weighted by atomic mass is 9.90. The fraction of sp³-hybridized carbons (Fsp3) is 0.467. The molecule has 1 aromatic carbocycles. The van der Waals surface area contributed by atoms with Gasteiger partial charge in [0, 0.05) is 11.8 Å². The third-order valence-electron chi connectivity index (χ3n) is 3.84. The van der Waals surface area contributed by atoms with Crippen LogP contribution < -0.4 is 10.6 Å². The van der Waals surface area contributed by atoms with Crippen molar-refractivity contribution in [2.45, 2.75) is 38.1 Å². The standard InChI is InChI=1S/C15H20N2O4/c1-2-6-15(7-3-8-16-15)14(21)17-10-4-5-11(13(19)20)12(18)9-10/h4-5,9,16,18H,2-3,6-8H2,1H3,(H,17,21)(H,19,20). The molecule has 1 saturated heterocycles. The Bertz CT molecular complexity index is 551. The van der Waals surface area contributed by atoms with Crippen LogP contribution in [0, 0.1) is 0 Å². The Hall–Kier alpha value is -2.08. The summed E-state index contributed by atoms with van der Waals surface area (Å²) in [5, 5.41) is 24.6. The first-order chi connectivity index (χ1) is 9.98. The van der Waals surface area contributed by atoms with Crippen molar-refractivity contribution in [2.75, 3.05) is 11.9 Å². The van der Waals surface area contributed by atoms with Crippen LogP contribution >= 0.6 is 0 Å². The van der Waals surface area contributed by atoms with Crippen molar-refractivity contribution in [1.82, 2.24) is 5.32 Å². The average Bonchev–Trinajstić information content (AvgIpc) is 2.88. The topological polar surface area (TPSA) is 98.7 Å². The Morgan fingerprint density at radius 2 is 2.19 bits per heavy atom. The van der Waals surface area contributed by atoms with E-state index in [0.717, 1.165) is 32.2 Å². The summed E-state index contributed by atoms with van der Waals surface area (Å²) in [5.74, 6) is -1.70. The molecule has 6 heteroatoms. The van der Waals surface area contributed by atoms with Crippen LogP contribution in [0.25, 0.3) is 0 Å². The van der Waals surface area contributed by atoms with Gasteiger partial charge in [0.05, 0.1) is 5.54 Å². The normalized spacial score (nSPS) is 21.2. The van der Waals surface area contributed by atoms with Gasteiger partial charge in [-0.2, -0.15) is 0 Å². The molecule has 1 amide bonds. The molecule has 114 valence electrons. The molecule has 1 aliphatic rings. The maximum absolute atomic E-state index is 12.5. The van der Waals surface area contributed by atoms with Crippen molar-refractivity contribution in [1.29, 1.82) is 0 Å². The van der Waals surface area contributed by atoms with Crippen LogP contribution in [-0.4, -0.2) is 34.2 Å². The van der Waals surface area contributed by atoms with Crippen LogP contribution in [0.2, 0.25) is 0 Å². The van der Waals surface area contributed by atoms with E-state index in [1.807, 2.05) is 6.92 Å². The van der Waals surface area contributed by atoms with Gasteiger partial charge in [0.1, 0.15) is 11.3 Å². The second kappa shape index (κ2) is 6.13. The number of amides is 1. The van der Waals surface area contributed by atoms with Gasteiger partial charge in [-0.3, -0.25) is 4.79 Å². The zero-order valence-electron chi connectivity index (χ0n) is 12.0. The van der Waals surface area contributed by atoms with E-state index in [9.17, 15) is 14.7 Å². The van der Waals surface area contributed by atoms with Crippen LogP contribution in [0.15, 0.2) is 18.2 Å². The molecular formula is C15H20N2O4. The van der Waals surface area contributed by atoms with Gasteiger partial charge in [-0.1, -0.05) is 13.3 Å². The van der Waals surface area contributed by atoms with Crippen molar-refractivity contribution in [3.05, 3.63) is 23.8 Å². The molecule has 1 unspecified atom stereocenters. The van der Waals surface area contributed by atoms with Gasteiger partial charge >= 0.3 is 5.97 Å². The molecule has 0 spiro atoms. The number of hydrogen-bond donors (Lipinski definition) is 4. The number of rotatable bonds is 5. The lowest BCUT2D eigenvalue weighted by molar-refractivity contribution is -0.122. The predicted molar refractivity (Wildman–Crippen MR) is 78.6 cm³/mol. The van der Waals surface area contributed by atoms with E-state index in [1.54, 1.807) is 0 Å². The number of hydrogen-bond acceptors (Lipinski definition) is 4. The Morgan fingerprint density at radius 3 is 2.71 bits per heavy atom. The first-order valence-electron chi connectivity index (χ1n) is 7.11. The van der Waals surface area contributed by atoms with Crippen LogP contribution in [-0.2, 0) is 4.79 Å². The summed E-state index contributed by atoms with van der Waals surface area (Å²) in [5.41, 5.74) is -0.350. The largest absolute Gasteiger partial charge is 0.507 e. The molecule has 4 N–H and O–H groups in total. The Kier molecular flexibility index (Phi) is 4.47. The fourth-order valence-corrected chi connectivity index (χ4v) is 2.79. The molecule has 0 aromatic heterocycles. The molecule has 0 radical (unpaired) electrons. The minimum Gasteiger partial charge on any atom is -0.507 e. The van der Waals surface area contributed by atoms with Gasteiger partial charge in [-0.25, -0.2) is 4.79 Å². The van der Waals surface area contributed by atoms with Gasteiger partial charge in [0.15, 0.2) is 0 Å². The molecule has 1 fully saturated rings. The van der Waals surface area contributed by atoms with Gasteiger partial charge in [-0.05, 0) is 37.9 Å². The highest BCUT2D eigenvalue weighted by Gasteiger charge is 2.39. The fourth-order valence-electron chi connectivity index (χ4n) is 2.79. The summed E-state index contributed by atoms with van der Waals surface area (Å²) < 4.78 is 0. The van der Waals surface area contributed by atoms with E-state index in [-0.39, 0.29) is 17.2 Å². The predicted octanol–water partition coefficient (Wildman–Crippen LogP) is 1.95. The van der Waals surface area contributed by atoms with Crippen LogP contribution in [0.4, 0.5) is 5.69 Å². The lowest BCUT2D eigenvalue weighted by Gasteiger charge is -2.27. The molecule has 0 aliphatic carbocycles. The zero-order valence-corrected chi connectivity index (χ0v) is 12.0. The average molecular weight is 292 g/mol. The molecule has 0 bridgehead atoms. The molecule has 21 heavy (non-hydrogen) atoms. The van der Waals surface area contributed by atoms with Gasteiger partial charge < -0.3 is 20.8 Å². The van der Waals surface area contributed by atoms with E-state index in [1.165, 1.54) is 18.2 Å².